The summed E-state index contributed by atoms with van der Waals surface area (Å²) in [4.78, 5) is 4.43. The molecule has 5 heteroatoms. The van der Waals surface area contributed by atoms with Gasteiger partial charge in [-0.05, 0) is 48.0 Å². The molecule has 0 unspecified atom stereocenters. The highest BCUT2D eigenvalue weighted by atomic mass is 16.5. The molecule has 4 aromatic rings. The Balaban J connectivity index is 1.66. The summed E-state index contributed by atoms with van der Waals surface area (Å²) in [5.41, 5.74) is 4.93. The number of pyridine rings is 1. The van der Waals surface area contributed by atoms with Crippen molar-refractivity contribution in [1.29, 1.82) is 0 Å². The maximum atomic E-state index is 5.98. The number of benzene rings is 2. The lowest BCUT2D eigenvalue weighted by Gasteiger charge is -2.11. The van der Waals surface area contributed by atoms with E-state index in [4.69, 9.17) is 9.47 Å². The Labute approximate surface area is 162 Å². The van der Waals surface area contributed by atoms with Crippen LogP contribution >= 0.6 is 0 Å². The molecule has 0 radical (unpaired) electrons. The second kappa shape index (κ2) is 7.19. The molecule has 5 rings (SSSR count). The van der Waals surface area contributed by atoms with Crippen LogP contribution in [0.25, 0.3) is 34.2 Å². The smallest absolute Gasteiger partial charge is 0.221 e. The van der Waals surface area contributed by atoms with Crippen LogP contribution in [0.5, 0.6) is 11.6 Å². The molecule has 1 aliphatic rings. The van der Waals surface area contributed by atoms with Crippen LogP contribution in [0.3, 0.4) is 0 Å². The Bertz CT molecular complexity index is 1160. The van der Waals surface area contributed by atoms with Gasteiger partial charge in [0.15, 0.2) is 0 Å². The molecule has 0 fully saturated rings. The van der Waals surface area contributed by atoms with E-state index < -0.39 is 0 Å². The number of nitrogens with one attached hydrogen (secondary N) is 1. The summed E-state index contributed by atoms with van der Waals surface area (Å²) in [5, 5.41) is 8.61. The van der Waals surface area contributed by atoms with Crippen molar-refractivity contribution in [3.05, 3.63) is 72.1 Å². The van der Waals surface area contributed by atoms with Crippen LogP contribution in [-0.4, -0.2) is 28.4 Å². The number of H-pyrrole nitrogens is 1. The van der Waals surface area contributed by atoms with Crippen molar-refractivity contribution in [3.63, 3.8) is 0 Å². The molecule has 1 N–H and O–H groups in total. The monoisotopic (exact) mass is 369 g/mol. The van der Waals surface area contributed by atoms with Gasteiger partial charge in [-0.25, -0.2) is 4.98 Å². The molecule has 0 atom stereocenters. The second-order valence-corrected chi connectivity index (χ2v) is 6.65. The summed E-state index contributed by atoms with van der Waals surface area (Å²) in [7, 11) is 0. The van der Waals surface area contributed by atoms with Crippen LogP contribution < -0.4 is 9.47 Å². The first-order chi connectivity index (χ1) is 13.9. The lowest BCUT2D eigenvalue weighted by molar-refractivity contribution is 0.242. The number of hydrogen-bond acceptors (Lipinski definition) is 4. The first-order valence-electron chi connectivity index (χ1n) is 9.35. The molecule has 3 heterocycles. The Kier molecular flexibility index (Phi) is 4.26. The summed E-state index contributed by atoms with van der Waals surface area (Å²) in [6, 6.07) is 18.2. The minimum Gasteiger partial charge on any atom is -0.493 e. The SMILES string of the molecule is C1=Cc2[nH]nc3ccc(cc23)-c2cccnc2OCCCOc2ccccc21. The van der Waals surface area contributed by atoms with Gasteiger partial charge in [-0.3, -0.25) is 5.10 Å². The van der Waals surface area contributed by atoms with Crippen LogP contribution in [0.2, 0.25) is 0 Å². The second-order valence-electron chi connectivity index (χ2n) is 6.65. The maximum Gasteiger partial charge on any atom is 0.221 e. The zero-order chi connectivity index (χ0) is 18.8. The summed E-state index contributed by atoms with van der Waals surface area (Å²) in [5.74, 6) is 1.49. The molecule has 1 aliphatic heterocycles. The van der Waals surface area contributed by atoms with Gasteiger partial charge in [-0.1, -0.05) is 24.3 Å². The van der Waals surface area contributed by atoms with Crippen LogP contribution in [-0.2, 0) is 0 Å². The van der Waals surface area contributed by atoms with Gasteiger partial charge < -0.3 is 9.47 Å². The highest BCUT2D eigenvalue weighted by molar-refractivity contribution is 5.93. The summed E-state index contributed by atoms with van der Waals surface area (Å²) in [6.07, 6.45) is 6.63. The van der Waals surface area contributed by atoms with E-state index in [9.17, 15) is 0 Å². The molecule has 0 saturated heterocycles. The van der Waals surface area contributed by atoms with Crippen molar-refractivity contribution in [2.75, 3.05) is 13.2 Å². The molecule has 28 heavy (non-hydrogen) atoms. The van der Waals surface area contributed by atoms with Crippen molar-refractivity contribution in [3.8, 4) is 22.8 Å². The quantitative estimate of drug-likeness (QED) is 0.476. The van der Waals surface area contributed by atoms with Crippen molar-refractivity contribution in [1.82, 2.24) is 15.2 Å². The molecular weight excluding hydrogens is 350 g/mol. The highest BCUT2D eigenvalue weighted by Gasteiger charge is 2.11. The lowest BCUT2D eigenvalue weighted by atomic mass is 10.0. The van der Waals surface area contributed by atoms with E-state index >= 15 is 0 Å². The van der Waals surface area contributed by atoms with Gasteiger partial charge in [-0.2, -0.15) is 5.10 Å². The van der Waals surface area contributed by atoms with Crippen LogP contribution in [0.15, 0.2) is 60.8 Å². The molecule has 0 aliphatic carbocycles. The zero-order valence-corrected chi connectivity index (χ0v) is 15.3. The van der Waals surface area contributed by atoms with Crippen LogP contribution in [0.4, 0.5) is 0 Å². The Morgan fingerprint density at radius 2 is 1.82 bits per heavy atom. The van der Waals surface area contributed by atoms with E-state index in [1.54, 1.807) is 6.20 Å². The molecule has 0 saturated carbocycles. The van der Waals surface area contributed by atoms with E-state index in [0.29, 0.717) is 19.1 Å². The molecule has 5 nitrogen and oxygen atoms in total. The van der Waals surface area contributed by atoms with Gasteiger partial charge in [0.25, 0.3) is 0 Å². The molecule has 138 valence electrons. The highest BCUT2D eigenvalue weighted by Crippen LogP contribution is 2.32. The first-order valence-corrected chi connectivity index (χ1v) is 9.35. The van der Waals surface area contributed by atoms with Gasteiger partial charge in [0.2, 0.25) is 5.88 Å². The topological polar surface area (TPSA) is 60.0 Å². The number of aromatic nitrogens is 3. The zero-order valence-electron chi connectivity index (χ0n) is 15.3. The van der Waals surface area contributed by atoms with Gasteiger partial charge in [0, 0.05) is 29.1 Å². The minimum atomic E-state index is 0.543. The fraction of sp³-hybridized carbons (Fsp3) is 0.130. The molecule has 2 bridgehead atoms. The van der Waals surface area contributed by atoms with E-state index in [2.05, 4.69) is 33.4 Å². The van der Waals surface area contributed by atoms with E-state index in [1.165, 1.54) is 0 Å². The third kappa shape index (κ3) is 3.11. The molecule has 0 amide bonds. The van der Waals surface area contributed by atoms with Gasteiger partial charge in [-0.15, -0.1) is 0 Å². The van der Waals surface area contributed by atoms with Gasteiger partial charge >= 0.3 is 0 Å². The van der Waals surface area contributed by atoms with E-state index in [-0.39, 0.29) is 0 Å². The minimum absolute atomic E-state index is 0.543. The number of hydrogen-bond donors (Lipinski definition) is 1. The fourth-order valence-electron chi connectivity index (χ4n) is 3.38. The molecule has 2 aromatic carbocycles. The normalized spacial score (nSPS) is 13.7. The standard InChI is InChI=1S/C23H19N3O2/c1-2-7-22-16(5-1)8-10-20-19-15-17(9-11-21(19)26-25-20)18-6-3-12-24-23(18)28-14-4-13-27-22/h1-3,5-12,15H,4,13-14H2,(H,25,26). The Morgan fingerprint density at radius 1 is 0.893 bits per heavy atom. The van der Waals surface area contributed by atoms with E-state index in [1.807, 2.05) is 48.5 Å². The predicted molar refractivity (Wildman–Crippen MR) is 110 cm³/mol. The van der Waals surface area contributed by atoms with Crippen molar-refractivity contribution < 1.29 is 9.47 Å². The predicted octanol–water partition coefficient (Wildman–Crippen LogP) is 4.96. The number of nitrogens with zero attached hydrogens (tertiary/aromatic N) is 2. The van der Waals surface area contributed by atoms with Crippen LogP contribution in [0.1, 0.15) is 17.7 Å². The number of ether oxygens (including phenoxy) is 2. The van der Waals surface area contributed by atoms with E-state index in [0.717, 1.165) is 45.5 Å². The first kappa shape index (κ1) is 16.6. The largest absolute Gasteiger partial charge is 0.493 e. The maximum absolute atomic E-state index is 5.98. The summed E-state index contributed by atoms with van der Waals surface area (Å²) >= 11 is 0. The third-order valence-electron chi connectivity index (χ3n) is 4.80. The number of fused-ring (bicyclic) bond motifs is 4. The van der Waals surface area contributed by atoms with Crippen LogP contribution in [0, 0.1) is 0 Å². The number of para-hydroxylation sites is 1. The number of aromatic amines is 1. The average Bonchev–Trinajstić information content (AvgIpc) is 3.14. The summed E-state index contributed by atoms with van der Waals surface area (Å²) in [6.45, 7) is 1.12. The summed E-state index contributed by atoms with van der Waals surface area (Å²) < 4.78 is 11.9. The van der Waals surface area contributed by atoms with Gasteiger partial charge in [0.05, 0.1) is 24.4 Å². The Morgan fingerprint density at radius 3 is 2.82 bits per heavy atom. The van der Waals surface area contributed by atoms with Crippen molar-refractivity contribution in [2.45, 2.75) is 6.42 Å². The number of rotatable bonds is 0. The molecule has 0 spiro atoms. The average molecular weight is 369 g/mol. The molecule has 2 aromatic heterocycles. The van der Waals surface area contributed by atoms with Gasteiger partial charge in [0.1, 0.15) is 5.75 Å². The lowest BCUT2D eigenvalue weighted by Crippen LogP contribution is -2.06. The van der Waals surface area contributed by atoms with Crippen molar-refractivity contribution >= 4 is 23.1 Å². The van der Waals surface area contributed by atoms with Crippen molar-refractivity contribution in [2.24, 2.45) is 0 Å². The molecular formula is C23H19N3O2. The Hall–Kier alpha value is -3.60. The third-order valence-corrected chi connectivity index (χ3v) is 4.80. The fourth-order valence-corrected chi connectivity index (χ4v) is 3.38.